The normalized spacial score (nSPS) is 10.3. The third-order valence-corrected chi connectivity index (χ3v) is 3.19. The van der Waals surface area contributed by atoms with E-state index in [1.54, 1.807) is 13.1 Å². The molecule has 0 aliphatic carbocycles. The lowest BCUT2D eigenvalue weighted by molar-refractivity contribution is 0.102. The van der Waals surface area contributed by atoms with Gasteiger partial charge in [-0.2, -0.15) is 0 Å². The van der Waals surface area contributed by atoms with Crippen molar-refractivity contribution in [3.05, 3.63) is 45.9 Å². The van der Waals surface area contributed by atoms with Crippen LogP contribution in [-0.4, -0.2) is 22.4 Å². The van der Waals surface area contributed by atoms with Crippen LogP contribution >= 0.6 is 15.9 Å². The van der Waals surface area contributed by atoms with Gasteiger partial charge >= 0.3 is 0 Å². The topological polar surface area (TPSA) is 66.9 Å². The summed E-state index contributed by atoms with van der Waals surface area (Å²) in [7, 11) is 0. The minimum absolute atomic E-state index is 0.0608. The van der Waals surface area contributed by atoms with E-state index in [2.05, 4.69) is 36.5 Å². The average molecular weight is 353 g/mol. The highest BCUT2D eigenvalue weighted by Crippen LogP contribution is 2.19. The summed E-state index contributed by atoms with van der Waals surface area (Å²) in [6, 6.07) is 3.15. The molecule has 0 aliphatic heterocycles. The number of nitrogens with one attached hydrogen (secondary N) is 2. The smallest absolute Gasteiger partial charge is 0.259 e. The predicted molar refractivity (Wildman–Crippen MR) is 83.0 cm³/mol. The van der Waals surface area contributed by atoms with E-state index in [9.17, 15) is 9.18 Å². The van der Waals surface area contributed by atoms with Crippen LogP contribution in [0.15, 0.2) is 29.0 Å². The number of amides is 1. The molecule has 7 heteroatoms. The maximum Gasteiger partial charge on any atom is 0.259 e. The first-order chi connectivity index (χ1) is 10.0. The van der Waals surface area contributed by atoms with E-state index in [1.165, 1.54) is 12.3 Å². The zero-order chi connectivity index (χ0) is 15.4. The number of anilines is 2. The van der Waals surface area contributed by atoms with Crippen LogP contribution in [0.2, 0.25) is 0 Å². The van der Waals surface area contributed by atoms with Crippen LogP contribution in [0.1, 0.15) is 22.8 Å². The molecular weight excluding hydrogens is 339 g/mol. The lowest BCUT2D eigenvalue weighted by atomic mass is 10.2. The molecule has 0 unspecified atom stereocenters. The summed E-state index contributed by atoms with van der Waals surface area (Å²) in [6.07, 6.45) is 2.95. The van der Waals surface area contributed by atoms with E-state index in [-0.39, 0.29) is 11.4 Å². The molecule has 0 aliphatic rings. The van der Waals surface area contributed by atoms with Crippen molar-refractivity contribution < 1.29 is 9.18 Å². The molecule has 0 saturated carbocycles. The number of halogens is 2. The Kier molecular flexibility index (Phi) is 4.85. The number of aryl methyl sites for hydroxylation is 1. The highest BCUT2D eigenvalue weighted by Gasteiger charge is 2.17. The number of nitrogens with zero attached hydrogens (tertiary/aromatic N) is 2. The van der Waals surface area contributed by atoms with E-state index in [4.69, 9.17) is 0 Å². The van der Waals surface area contributed by atoms with Gasteiger partial charge in [-0.3, -0.25) is 4.79 Å². The second-order valence-electron chi connectivity index (χ2n) is 4.32. The van der Waals surface area contributed by atoms with Gasteiger partial charge in [0.05, 0.1) is 5.56 Å². The van der Waals surface area contributed by atoms with Crippen LogP contribution in [0.25, 0.3) is 0 Å². The van der Waals surface area contributed by atoms with Crippen molar-refractivity contribution in [2.45, 2.75) is 13.8 Å². The van der Waals surface area contributed by atoms with Gasteiger partial charge in [-0.25, -0.2) is 14.4 Å². The molecule has 2 aromatic heterocycles. The Balaban J connectivity index is 2.26. The monoisotopic (exact) mass is 352 g/mol. The Morgan fingerprint density at radius 1 is 1.38 bits per heavy atom. The molecule has 2 rings (SSSR count). The molecule has 0 spiro atoms. The number of aromatic nitrogens is 2. The quantitative estimate of drug-likeness (QED) is 0.885. The molecule has 0 atom stereocenters. The van der Waals surface area contributed by atoms with Crippen molar-refractivity contribution in [3.63, 3.8) is 0 Å². The first-order valence-electron chi connectivity index (χ1n) is 6.34. The third kappa shape index (κ3) is 3.55. The Morgan fingerprint density at radius 2 is 2.14 bits per heavy atom. The van der Waals surface area contributed by atoms with Crippen LogP contribution in [0.5, 0.6) is 0 Å². The van der Waals surface area contributed by atoms with Crippen molar-refractivity contribution in [2.24, 2.45) is 0 Å². The van der Waals surface area contributed by atoms with Crippen molar-refractivity contribution in [3.8, 4) is 0 Å². The summed E-state index contributed by atoms with van der Waals surface area (Å²) in [5.41, 5.74) is 0.698. The average Bonchev–Trinajstić information content (AvgIpc) is 2.44. The van der Waals surface area contributed by atoms with Gasteiger partial charge in [-0.15, -0.1) is 0 Å². The fourth-order valence-corrected chi connectivity index (χ4v) is 2.20. The minimum atomic E-state index is -0.674. The van der Waals surface area contributed by atoms with E-state index >= 15 is 0 Å². The van der Waals surface area contributed by atoms with Gasteiger partial charge in [-0.05, 0) is 47.5 Å². The molecule has 0 saturated heterocycles. The summed E-state index contributed by atoms with van der Waals surface area (Å²) in [4.78, 5) is 20.1. The lowest BCUT2D eigenvalue weighted by Gasteiger charge is -2.10. The molecule has 0 bridgehead atoms. The van der Waals surface area contributed by atoms with E-state index in [1.807, 2.05) is 13.0 Å². The maximum atomic E-state index is 14.2. The second kappa shape index (κ2) is 6.62. The Morgan fingerprint density at radius 3 is 2.81 bits per heavy atom. The van der Waals surface area contributed by atoms with Gasteiger partial charge in [0, 0.05) is 23.4 Å². The molecule has 21 heavy (non-hydrogen) atoms. The molecule has 110 valence electrons. The molecule has 2 heterocycles. The lowest BCUT2D eigenvalue weighted by Crippen LogP contribution is -2.17. The molecule has 0 radical (unpaired) electrons. The van der Waals surface area contributed by atoms with Crippen LogP contribution in [0.4, 0.5) is 16.0 Å². The number of hydrogen-bond acceptors (Lipinski definition) is 4. The number of hydrogen-bond donors (Lipinski definition) is 2. The Labute approximate surface area is 130 Å². The number of pyridine rings is 2. The predicted octanol–water partition coefficient (Wildman–Crippen LogP) is 3.37. The largest absolute Gasteiger partial charge is 0.368 e. The third-order valence-electron chi connectivity index (χ3n) is 2.75. The van der Waals surface area contributed by atoms with Gasteiger partial charge in [0.25, 0.3) is 5.91 Å². The zero-order valence-corrected chi connectivity index (χ0v) is 13.2. The van der Waals surface area contributed by atoms with Crippen LogP contribution < -0.4 is 10.6 Å². The van der Waals surface area contributed by atoms with Crippen molar-refractivity contribution >= 4 is 33.5 Å². The standard InChI is InChI=1S/C14H14BrFN4O/c1-3-17-13-11(16)10(4-5-18-13)14(21)20-12-8(2)6-9(15)7-19-12/h4-7H,3H2,1-2H3,(H,17,18)(H,19,20,21). The summed E-state index contributed by atoms with van der Waals surface area (Å²) in [5, 5.41) is 5.36. The summed E-state index contributed by atoms with van der Waals surface area (Å²) < 4.78 is 15.0. The summed E-state index contributed by atoms with van der Waals surface area (Å²) in [5.74, 6) is -0.784. The molecule has 1 amide bonds. The number of carbonyl (C=O) groups excluding carboxylic acids is 1. The molecule has 0 aromatic carbocycles. The first-order valence-corrected chi connectivity index (χ1v) is 7.14. The second-order valence-corrected chi connectivity index (χ2v) is 5.24. The SMILES string of the molecule is CCNc1nccc(C(=O)Nc2ncc(Br)cc2C)c1F. The van der Waals surface area contributed by atoms with Crippen LogP contribution in [-0.2, 0) is 0 Å². The van der Waals surface area contributed by atoms with E-state index in [0.717, 1.165) is 10.0 Å². The Hall–Kier alpha value is -2.02. The minimum Gasteiger partial charge on any atom is -0.368 e. The molecule has 2 N–H and O–H groups in total. The molecular formula is C14H14BrFN4O. The van der Waals surface area contributed by atoms with E-state index < -0.39 is 11.7 Å². The molecule has 2 aromatic rings. The van der Waals surface area contributed by atoms with Gasteiger partial charge in [0.1, 0.15) is 5.82 Å². The maximum absolute atomic E-state index is 14.2. The highest BCUT2D eigenvalue weighted by atomic mass is 79.9. The summed E-state index contributed by atoms with van der Waals surface area (Å²) >= 11 is 3.29. The fraction of sp³-hybridized carbons (Fsp3) is 0.214. The van der Waals surface area contributed by atoms with Gasteiger partial charge in [-0.1, -0.05) is 0 Å². The number of carbonyl (C=O) groups is 1. The first kappa shape index (κ1) is 15.4. The fourth-order valence-electron chi connectivity index (χ4n) is 1.76. The molecule has 0 fully saturated rings. The van der Waals surface area contributed by atoms with Crippen LogP contribution in [0.3, 0.4) is 0 Å². The van der Waals surface area contributed by atoms with Crippen LogP contribution in [0, 0.1) is 12.7 Å². The van der Waals surface area contributed by atoms with Crippen molar-refractivity contribution in [2.75, 3.05) is 17.2 Å². The zero-order valence-electron chi connectivity index (χ0n) is 11.6. The van der Waals surface area contributed by atoms with Gasteiger partial charge in [0.15, 0.2) is 11.6 Å². The molecule has 5 nitrogen and oxygen atoms in total. The van der Waals surface area contributed by atoms with Gasteiger partial charge in [0.2, 0.25) is 0 Å². The number of rotatable bonds is 4. The van der Waals surface area contributed by atoms with Crippen molar-refractivity contribution in [1.29, 1.82) is 0 Å². The Bertz CT molecular complexity index is 678. The van der Waals surface area contributed by atoms with Crippen molar-refractivity contribution in [1.82, 2.24) is 9.97 Å². The van der Waals surface area contributed by atoms with Gasteiger partial charge < -0.3 is 10.6 Å². The summed E-state index contributed by atoms with van der Waals surface area (Å²) in [6.45, 7) is 4.14. The van der Waals surface area contributed by atoms with E-state index in [0.29, 0.717) is 12.4 Å². The highest BCUT2D eigenvalue weighted by molar-refractivity contribution is 9.10.